The minimum Gasteiger partial charge on any atom is -0.493 e. The second-order valence-electron chi connectivity index (χ2n) is 7.05. The molecule has 0 aromatic heterocycles. The number of aryl methyl sites for hydroxylation is 1. The van der Waals surface area contributed by atoms with Crippen LogP contribution in [0.5, 0.6) is 23.0 Å². The van der Waals surface area contributed by atoms with Crippen molar-refractivity contribution in [3.05, 3.63) is 45.1 Å². The lowest BCUT2D eigenvalue weighted by Crippen LogP contribution is -2.26. The molecule has 0 unspecified atom stereocenters. The van der Waals surface area contributed by atoms with Crippen LogP contribution in [0.25, 0.3) is 11.1 Å². The first-order chi connectivity index (χ1) is 14.9. The Morgan fingerprint density at radius 1 is 1.03 bits per heavy atom. The first-order valence-corrected chi connectivity index (χ1v) is 9.65. The molecule has 0 heterocycles. The maximum Gasteiger partial charge on any atom is 0.238 e. The Morgan fingerprint density at radius 3 is 2.26 bits per heavy atom. The molecular weight excluding hydrogens is 400 g/mol. The van der Waals surface area contributed by atoms with Gasteiger partial charge in [0.1, 0.15) is 11.6 Å². The van der Waals surface area contributed by atoms with E-state index in [1.54, 1.807) is 6.07 Å². The highest BCUT2D eigenvalue weighted by Crippen LogP contribution is 2.50. The van der Waals surface area contributed by atoms with Crippen LogP contribution in [0.15, 0.2) is 23.0 Å². The molecule has 8 nitrogen and oxygen atoms in total. The third-order valence-corrected chi connectivity index (χ3v) is 5.33. The number of fused-ring (bicyclic) bond motifs is 3. The quantitative estimate of drug-likeness (QED) is 0.786. The molecular formula is C23H24N2O6. The largest absolute Gasteiger partial charge is 0.493 e. The van der Waals surface area contributed by atoms with Crippen LogP contribution in [0.2, 0.25) is 0 Å². The SMILES string of the molecule is COc1cc2c(c(OC)c1OC)-c1cc(C#N)c(=O)c(OC)cc1[C@@H](NC(C)=O)CC2. The fourth-order valence-electron chi connectivity index (χ4n) is 4.00. The fourth-order valence-corrected chi connectivity index (χ4v) is 4.00. The molecule has 1 amide bonds. The number of methoxy groups -OCH3 is 4. The second-order valence-corrected chi connectivity index (χ2v) is 7.05. The van der Waals surface area contributed by atoms with E-state index in [-0.39, 0.29) is 17.2 Å². The average Bonchev–Trinajstić information content (AvgIpc) is 2.99. The van der Waals surface area contributed by atoms with Gasteiger partial charge < -0.3 is 24.3 Å². The molecule has 3 rings (SSSR count). The van der Waals surface area contributed by atoms with Crippen LogP contribution in [-0.4, -0.2) is 34.3 Å². The molecule has 0 radical (unpaired) electrons. The van der Waals surface area contributed by atoms with Crippen LogP contribution in [0.3, 0.4) is 0 Å². The number of amides is 1. The summed E-state index contributed by atoms with van der Waals surface area (Å²) < 4.78 is 22.0. The van der Waals surface area contributed by atoms with E-state index in [0.29, 0.717) is 46.8 Å². The van der Waals surface area contributed by atoms with Gasteiger partial charge in [0, 0.05) is 12.5 Å². The minimum atomic E-state index is -0.527. The molecule has 0 saturated heterocycles. The molecule has 0 saturated carbocycles. The highest BCUT2D eigenvalue weighted by molar-refractivity contribution is 5.84. The van der Waals surface area contributed by atoms with Crippen LogP contribution in [0, 0.1) is 11.3 Å². The Balaban J connectivity index is 2.52. The number of nitriles is 1. The summed E-state index contributed by atoms with van der Waals surface area (Å²) in [7, 11) is 5.93. The highest BCUT2D eigenvalue weighted by Gasteiger charge is 2.30. The van der Waals surface area contributed by atoms with E-state index in [4.69, 9.17) is 18.9 Å². The number of hydrogen-bond donors (Lipinski definition) is 1. The van der Waals surface area contributed by atoms with Gasteiger partial charge in [0.05, 0.1) is 34.5 Å². The van der Waals surface area contributed by atoms with E-state index in [2.05, 4.69) is 5.32 Å². The maximum atomic E-state index is 12.8. The van der Waals surface area contributed by atoms with Crippen LogP contribution < -0.4 is 29.7 Å². The van der Waals surface area contributed by atoms with Gasteiger partial charge in [-0.1, -0.05) is 0 Å². The van der Waals surface area contributed by atoms with Crippen molar-refractivity contribution in [2.75, 3.05) is 28.4 Å². The molecule has 1 N–H and O–H groups in total. The molecule has 1 aliphatic rings. The molecule has 0 aliphatic heterocycles. The number of carbonyl (C=O) groups excluding carboxylic acids is 1. The monoisotopic (exact) mass is 424 g/mol. The van der Waals surface area contributed by atoms with Gasteiger partial charge >= 0.3 is 0 Å². The van der Waals surface area contributed by atoms with Crippen LogP contribution >= 0.6 is 0 Å². The summed E-state index contributed by atoms with van der Waals surface area (Å²) in [6.07, 6.45) is 1.14. The van der Waals surface area contributed by atoms with Crippen molar-refractivity contribution in [3.63, 3.8) is 0 Å². The summed E-state index contributed by atoms with van der Waals surface area (Å²) in [5.41, 5.74) is 2.18. The number of benzene rings is 1. The van der Waals surface area contributed by atoms with Crippen molar-refractivity contribution in [1.82, 2.24) is 5.32 Å². The number of nitrogens with zero attached hydrogens (tertiary/aromatic N) is 1. The van der Waals surface area contributed by atoms with Crippen LogP contribution in [-0.2, 0) is 11.2 Å². The molecule has 0 fully saturated rings. The Labute approximate surface area is 180 Å². The zero-order chi connectivity index (χ0) is 22.7. The van der Waals surface area contributed by atoms with Gasteiger partial charge in [0.25, 0.3) is 0 Å². The average molecular weight is 424 g/mol. The Kier molecular flexibility index (Phi) is 6.35. The van der Waals surface area contributed by atoms with Crippen molar-refractivity contribution in [2.45, 2.75) is 25.8 Å². The van der Waals surface area contributed by atoms with E-state index >= 15 is 0 Å². The molecule has 1 atom stereocenters. The van der Waals surface area contributed by atoms with Gasteiger partial charge in [-0.05, 0) is 47.7 Å². The summed E-state index contributed by atoms with van der Waals surface area (Å²) in [6, 6.07) is 6.51. The van der Waals surface area contributed by atoms with Crippen molar-refractivity contribution in [1.29, 1.82) is 5.26 Å². The number of hydrogen-bond acceptors (Lipinski definition) is 7. The number of nitrogens with one attached hydrogen (secondary N) is 1. The standard InChI is InChI=1S/C23H24N2O6/c1-12(26)25-17-7-6-13-9-19(29-3)22(30-4)23(31-5)20(13)16-8-14(11-24)21(27)18(28-2)10-15(16)17/h8-10,17H,6-7H2,1-5H3,(H,25,26)/t17-/m0/s1. The molecule has 31 heavy (non-hydrogen) atoms. The van der Waals surface area contributed by atoms with Gasteiger partial charge in [0.15, 0.2) is 17.2 Å². The molecule has 0 spiro atoms. The predicted molar refractivity (Wildman–Crippen MR) is 114 cm³/mol. The van der Waals surface area contributed by atoms with Gasteiger partial charge in [-0.15, -0.1) is 0 Å². The lowest BCUT2D eigenvalue weighted by molar-refractivity contribution is -0.119. The lowest BCUT2D eigenvalue weighted by Gasteiger charge is -2.20. The second kappa shape index (κ2) is 8.96. The van der Waals surface area contributed by atoms with Gasteiger partial charge in [-0.25, -0.2) is 0 Å². The van der Waals surface area contributed by atoms with Crippen LogP contribution in [0.1, 0.15) is 36.1 Å². The zero-order valence-corrected chi connectivity index (χ0v) is 18.1. The number of carbonyl (C=O) groups is 1. The van der Waals surface area contributed by atoms with E-state index in [1.807, 2.05) is 12.1 Å². The summed E-state index contributed by atoms with van der Waals surface area (Å²) >= 11 is 0. The van der Waals surface area contributed by atoms with Gasteiger partial charge in [-0.2, -0.15) is 5.26 Å². The van der Waals surface area contributed by atoms with Gasteiger partial charge in [0.2, 0.25) is 17.1 Å². The van der Waals surface area contributed by atoms with E-state index < -0.39 is 11.5 Å². The smallest absolute Gasteiger partial charge is 0.238 e. The highest BCUT2D eigenvalue weighted by atomic mass is 16.5. The molecule has 2 aromatic rings. The predicted octanol–water partition coefficient (Wildman–Crippen LogP) is 2.74. The maximum absolute atomic E-state index is 12.8. The summed E-state index contributed by atoms with van der Waals surface area (Å²) in [4.78, 5) is 24.7. The van der Waals surface area contributed by atoms with E-state index in [9.17, 15) is 14.9 Å². The first kappa shape index (κ1) is 22.0. The Morgan fingerprint density at radius 2 is 1.71 bits per heavy atom. The topological polar surface area (TPSA) is 107 Å². The minimum absolute atomic E-state index is 0.0241. The Bertz CT molecular complexity index is 1140. The zero-order valence-electron chi connectivity index (χ0n) is 18.1. The van der Waals surface area contributed by atoms with Crippen molar-refractivity contribution in [3.8, 4) is 40.2 Å². The van der Waals surface area contributed by atoms with Crippen LogP contribution in [0.4, 0.5) is 0 Å². The Hall–Kier alpha value is -3.73. The van der Waals surface area contributed by atoms with Crippen molar-refractivity contribution in [2.24, 2.45) is 0 Å². The molecule has 1 aliphatic carbocycles. The van der Waals surface area contributed by atoms with Crippen molar-refractivity contribution >= 4 is 5.91 Å². The van der Waals surface area contributed by atoms with E-state index in [1.165, 1.54) is 41.4 Å². The number of ether oxygens (including phenoxy) is 4. The molecule has 8 heteroatoms. The third-order valence-electron chi connectivity index (χ3n) is 5.33. The summed E-state index contributed by atoms with van der Waals surface area (Å²) in [5.74, 6) is 1.13. The summed E-state index contributed by atoms with van der Waals surface area (Å²) in [6.45, 7) is 1.43. The van der Waals surface area contributed by atoms with E-state index in [0.717, 1.165) is 5.56 Å². The fraction of sp³-hybridized carbons (Fsp3) is 0.348. The molecule has 0 bridgehead atoms. The number of rotatable bonds is 5. The summed E-state index contributed by atoms with van der Waals surface area (Å²) in [5, 5.41) is 12.6. The normalized spacial score (nSPS) is 14.3. The lowest BCUT2D eigenvalue weighted by atomic mass is 9.95. The van der Waals surface area contributed by atoms with Crippen molar-refractivity contribution < 1.29 is 23.7 Å². The molecule has 2 aromatic carbocycles. The first-order valence-electron chi connectivity index (χ1n) is 9.65. The van der Waals surface area contributed by atoms with Gasteiger partial charge in [-0.3, -0.25) is 9.59 Å². The molecule has 162 valence electrons. The third kappa shape index (κ3) is 3.87.